The second-order valence-corrected chi connectivity index (χ2v) is 2.93. The normalized spacial score (nSPS) is 11.4. The van der Waals surface area contributed by atoms with Crippen LogP contribution in [0.3, 0.4) is 0 Å². The maximum atomic E-state index is 12.3. The molecule has 0 fully saturated rings. The van der Waals surface area contributed by atoms with Gasteiger partial charge < -0.3 is 12.9 Å². The van der Waals surface area contributed by atoms with E-state index in [4.69, 9.17) is 0 Å². The summed E-state index contributed by atoms with van der Waals surface area (Å²) < 4.78 is 36.8. The van der Waals surface area contributed by atoms with Crippen LogP contribution in [-0.2, 0) is 0 Å². The van der Waals surface area contributed by atoms with Gasteiger partial charge in [0.05, 0.1) is 4.92 Å². The molecule has 0 heterocycles. The van der Waals surface area contributed by atoms with Crippen LogP contribution in [-0.4, -0.2) is 11.9 Å². The third-order valence-corrected chi connectivity index (χ3v) is 1.67. The number of nitrogens with zero attached hydrogens (tertiary/aromatic N) is 1. The van der Waals surface area contributed by atoms with Crippen molar-refractivity contribution in [3.8, 4) is 0 Å². The zero-order chi connectivity index (χ0) is 10.9. The maximum Gasteiger partial charge on any atom is 0.509 e. The van der Waals surface area contributed by atoms with E-state index in [1.807, 2.05) is 0 Å². The van der Waals surface area contributed by atoms with Crippen LogP contribution in [0, 0.1) is 17.0 Å². The quantitative estimate of drug-likeness (QED) is 0.419. The van der Waals surface area contributed by atoms with Gasteiger partial charge in [0.15, 0.2) is 0 Å². The van der Waals surface area contributed by atoms with E-state index in [0.29, 0.717) is 6.07 Å². The van der Waals surface area contributed by atoms with Gasteiger partial charge in [0.25, 0.3) is 5.69 Å². The Morgan fingerprint density at radius 2 is 1.86 bits per heavy atom. The molecule has 0 aliphatic heterocycles. The molecule has 0 unspecified atom stereocenters. The van der Waals surface area contributed by atoms with Crippen LogP contribution < -0.4 is 5.46 Å². The Balaban J connectivity index is 3.28. The second kappa shape index (κ2) is 3.32. The van der Waals surface area contributed by atoms with Crippen LogP contribution in [0.2, 0.25) is 0 Å². The summed E-state index contributed by atoms with van der Waals surface area (Å²) in [5, 5.41) is 10.3. The molecule has 0 aromatic heterocycles. The molecular formula is C7H6BF3NO2-. The fourth-order valence-corrected chi connectivity index (χ4v) is 1.09. The molecule has 1 aromatic rings. The van der Waals surface area contributed by atoms with E-state index in [1.54, 1.807) is 0 Å². The molecule has 76 valence electrons. The summed E-state index contributed by atoms with van der Waals surface area (Å²) in [6, 6.07) is 2.55. The summed E-state index contributed by atoms with van der Waals surface area (Å²) in [7, 11) is 0. The molecule has 0 aliphatic rings. The summed E-state index contributed by atoms with van der Waals surface area (Å²) in [6.45, 7) is -3.79. The molecule has 0 bridgehead atoms. The van der Waals surface area contributed by atoms with Gasteiger partial charge >= 0.3 is 6.98 Å². The molecule has 0 radical (unpaired) electrons. The van der Waals surface area contributed by atoms with Crippen molar-refractivity contribution in [2.45, 2.75) is 6.92 Å². The van der Waals surface area contributed by atoms with E-state index in [2.05, 4.69) is 0 Å². The van der Waals surface area contributed by atoms with Crippen LogP contribution in [0.4, 0.5) is 18.6 Å². The lowest BCUT2D eigenvalue weighted by atomic mass is 9.79. The molecule has 0 saturated heterocycles. The number of halogens is 3. The second-order valence-electron chi connectivity index (χ2n) is 2.93. The van der Waals surface area contributed by atoms with Gasteiger partial charge in [-0.2, -0.15) is 0 Å². The lowest BCUT2D eigenvalue weighted by Crippen LogP contribution is -2.34. The summed E-state index contributed by atoms with van der Waals surface area (Å²) in [5.74, 6) is 0. The first-order chi connectivity index (χ1) is 6.30. The number of nitro benzene ring substituents is 1. The highest BCUT2D eigenvalue weighted by atomic mass is 19.4. The van der Waals surface area contributed by atoms with Crippen molar-refractivity contribution < 1.29 is 17.9 Å². The molecule has 0 N–H and O–H groups in total. The van der Waals surface area contributed by atoms with Crippen molar-refractivity contribution in [3.63, 3.8) is 0 Å². The Kier molecular flexibility index (Phi) is 2.50. The predicted molar refractivity (Wildman–Crippen MR) is 46.5 cm³/mol. The highest BCUT2D eigenvalue weighted by molar-refractivity contribution is 6.73. The summed E-state index contributed by atoms with van der Waals surface area (Å²) >= 11 is 0. The Morgan fingerprint density at radius 3 is 2.29 bits per heavy atom. The zero-order valence-electron chi connectivity index (χ0n) is 7.21. The standard InChI is InChI=1S/C7H6BF3NO2/c1-5-2-6(8(9,10)11)4-7(3-5)12(13)14/h2-4H,1H3/q-1. The number of nitro groups is 1. The molecule has 0 saturated carbocycles. The first kappa shape index (κ1) is 10.6. The van der Waals surface area contributed by atoms with E-state index in [0.717, 1.165) is 12.1 Å². The molecule has 0 spiro atoms. The average molecular weight is 204 g/mol. The lowest BCUT2D eigenvalue weighted by Gasteiger charge is -2.14. The Labute approximate surface area is 77.8 Å². The Hall–Kier alpha value is -1.53. The van der Waals surface area contributed by atoms with Crippen LogP contribution >= 0.6 is 0 Å². The van der Waals surface area contributed by atoms with Gasteiger partial charge in [-0.1, -0.05) is 6.07 Å². The van der Waals surface area contributed by atoms with Crippen molar-refractivity contribution in [1.82, 2.24) is 0 Å². The van der Waals surface area contributed by atoms with Crippen molar-refractivity contribution in [2.75, 3.05) is 0 Å². The molecule has 0 atom stereocenters. The fraction of sp³-hybridized carbons (Fsp3) is 0.143. The monoisotopic (exact) mass is 204 g/mol. The Morgan fingerprint density at radius 1 is 1.29 bits per heavy atom. The number of hydrogen-bond donors (Lipinski definition) is 0. The van der Waals surface area contributed by atoms with Crippen LogP contribution in [0.25, 0.3) is 0 Å². The number of hydrogen-bond acceptors (Lipinski definition) is 2. The number of non-ortho nitro benzene ring substituents is 1. The van der Waals surface area contributed by atoms with Gasteiger partial charge in [0.2, 0.25) is 0 Å². The summed E-state index contributed by atoms with van der Waals surface area (Å²) in [6.07, 6.45) is 0. The average Bonchev–Trinajstić information content (AvgIpc) is 2.01. The fourth-order valence-electron chi connectivity index (χ4n) is 1.09. The third-order valence-electron chi connectivity index (χ3n) is 1.67. The van der Waals surface area contributed by atoms with E-state index < -0.39 is 23.1 Å². The van der Waals surface area contributed by atoms with Gasteiger partial charge in [-0.3, -0.25) is 10.1 Å². The van der Waals surface area contributed by atoms with Crippen LogP contribution in [0.5, 0.6) is 0 Å². The van der Waals surface area contributed by atoms with Gasteiger partial charge in [-0.25, -0.2) is 0 Å². The largest absolute Gasteiger partial charge is 0.509 e. The number of rotatable bonds is 2. The molecule has 0 aliphatic carbocycles. The molecule has 1 aromatic carbocycles. The molecule has 14 heavy (non-hydrogen) atoms. The maximum absolute atomic E-state index is 12.3. The number of aryl methyl sites for hydroxylation is 1. The molecular weight excluding hydrogens is 198 g/mol. The van der Waals surface area contributed by atoms with Crippen molar-refractivity contribution in [1.29, 1.82) is 0 Å². The van der Waals surface area contributed by atoms with E-state index in [-0.39, 0.29) is 5.56 Å². The smallest absolute Gasteiger partial charge is 0.445 e. The van der Waals surface area contributed by atoms with E-state index >= 15 is 0 Å². The molecule has 3 nitrogen and oxygen atoms in total. The van der Waals surface area contributed by atoms with Crippen molar-refractivity contribution in [3.05, 3.63) is 33.9 Å². The topological polar surface area (TPSA) is 43.1 Å². The minimum Gasteiger partial charge on any atom is -0.445 e. The minimum atomic E-state index is -5.18. The Bertz CT molecular complexity index is 378. The van der Waals surface area contributed by atoms with Crippen LogP contribution in [0.15, 0.2) is 18.2 Å². The van der Waals surface area contributed by atoms with E-state index in [1.165, 1.54) is 6.92 Å². The van der Waals surface area contributed by atoms with Crippen molar-refractivity contribution >= 4 is 18.1 Å². The summed E-state index contributed by atoms with van der Waals surface area (Å²) in [4.78, 5) is 9.44. The predicted octanol–water partition coefficient (Wildman–Crippen LogP) is 1.96. The lowest BCUT2D eigenvalue weighted by molar-refractivity contribution is -0.384. The zero-order valence-corrected chi connectivity index (χ0v) is 7.21. The van der Waals surface area contributed by atoms with Crippen LogP contribution in [0.1, 0.15) is 5.56 Å². The first-order valence-corrected chi connectivity index (χ1v) is 3.76. The highest BCUT2D eigenvalue weighted by Gasteiger charge is 2.27. The minimum absolute atomic E-state index is 0.230. The van der Waals surface area contributed by atoms with Gasteiger partial charge in [0, 0.05) is 6.07 Å². The SMILES string of the molecule is Cc1cc([N+](=O)[O-])cc([B-](F)(F)F)c1. The number of benzene rings is 1. The highest BCUT2D eigenvalue weighted by Crippen LogP contribution is 2.16. The first-order valence-electron chi connectivity index (χ1n) is 3.76. The van der Waals surface area contributed by atoms with E-state index in [9.17, 15) is 23.1 Å². The van der Waals surface area contributed by atoms with Gasteiger partial charge in [-0.05, 0) is 18.6 Å². The summed E-state index contributed by atoms with van der Waals surface area (Å²) in [5.41, 5.74) is -1.23. The van der Waals surface area contributed by atoms with Crippen molar-refractivity contribution in [2.24, 2.45) is 0 Å². The molecule has 1 rings (SSSR count). The molecule has 7 heteroatoms. The van der Waals surface area contributed by atoms with Gasteiger partial charge in [-0.15, -0.1) is 5.46 Å². The van der Waals surface area contributed by atoms with Gasteiger partial charge in [0.1, 0.15) is 0 Å². The third kappa shape index (κ3) is 2.24. The molecule has 0 amide bonds.